The van der Waals surface area contributed by atoms with Gasteiger partial charge in [-0.3, -0.25) is 24.1 Å². The number of allylic oxidation sites excluding steroid dienone is 2. The molecule has 0 unspecified atom stereocenters. The molecule has 0 bridgehead atoms. The van der Waals surface area contributed by atoms with E-state index in [-0.39, 0.29) is 55.0 Å². The fraction of sp³-hybridized carbons (Fsp3) is 0.400. The van der Waals surface area contributed by atoms with E-state index in [9.17, 15) is 19.2 Å². The number of halogens is 1. The zero-order chi connectivity index (χ0) is 27.1. The predicted octanol–water partition coefficient (Wildman–Crippen LogP) is 4.15. The summed E-state index contributed by atoms with van der Waals surface area (Å²) >= 11 is 6.07. The lowest BCUT2D eigenvalue weighted by Crippen LogP contribution is -2.51. The fourth-order valence-corrected chi connectivity index (χ4v) is 5.27. The molecule has 2 aromatic carbocycles. The highest BCUT2D eigenvalue weighted by Crippen LogP contribution is 2.35. The van der Waals surface area contributed by atoms with E-state index < -0.39 is 6.04 Å². The molecule has 200 valence electrons. The minimum Gasteiger partial charge on any atom is -0.354 e. The Morgan fingerprint density at radius 3 is 2.21 bits per heavy atom. The van der Waals surface area contributed by atoms with Crippen LogP contribution >= 0.6 is 11.6 Å². The van der Waals surface area contributed by atoms with Gasteiger partial charge in [0.1, 0.15) is 6.04 Å². The van der Waals surface area contributed by atoms with Crippen LogP contribution in [0, 0.1) is 11.8 Å². The molecule has 4 rings (SSSR count). The molecule has 0 spiro atoms. The summed E-state index contributed by atoms with van der Waals surface area (Å²) in [5, 5.41) is 3.53. The lowest BCUT2D eigenvalue weighted by Gasteiger charge is -2.32. The van der Waals surface area contributed by atoms with E-state index in [1.165, 1.54) is 4.90 Å². The van der Waals surface area contributed by atoms with Crippen LogP contribution in [0.15, 0.2) is 66.7 Å². The Morgan fingerprint density at radius 2 is 1.61 bits per heavy atom. The first-order valence-electron chi connectivity index (χ1n) is 13.2. The maximum absolute atomic E-state index is 13.8. The van der Waals surface area contributed by atoms with Crippen molar-refractivity contribution in [3.63, 3.8) is 0 Å². The summed E-state index contributed by atoms with van der Waals surface area (Å²) < 4.78 is 0. The molecule has 0 radical (unpaired) electrons. The third-order valence-corrected chi connectivity index (χ3v) is 7.49. The minimum atomic E-state index is -0.760. The average molecular weight is 536 g/mol. The van der Waals surface area contributed by atoms with Gasteiger partial charge in [0.25, 0.3) is 0 Å². The largest absolute Gasteiger partial charge is 0.354 e. The number of amides is 4. The Kier molecular flexibility index (Phi) is 9.34. The molecule has 7 nitrogen and oxygen atoms in total. The number of rotatable bonds is 11. The summed E-state index contributed by atoms with van der Waals surface area (Å²) in [6.45, 7) is 2.68. The van der Waals surface area contributed by atoms with E-state index in [2.05, 4.69) is 5.32 Å². The third-order valence-electron chi connectivity index (χ3n) is 7.23. The smallest absolute Gasteiger partial charge is 0.243 e. The number of nitrogens with one attached hydrogen (secondary N) is 1. The normalized spacial score (nSPS) is 19.3. The molecule has 2 aromatic rings. The standard InChI is InChI=1S/C30H34ClN3O4/c1-2-17-32-28(36)26(19-21-8-4-3-5-9-21)34(20-22-12-14-23(31)15-13-22)27(35)16-18-33-29(37)24-10-6-7-11-25(24)30(33)38/h3-9,12-15,24-26H,2,10-11,16-20H2,1H3,(H,32,36)/t24-,25+,26-/m0/s1. The topological polar surface area (TPSA) is 86.8 Å². The van der Waals surface area contributed by atoms with Crippen molar-refractivity contribution in [1.29, 1.82) is 0 Å². The number of benzene rings is 2. The summed E-state index contributed by atoms with van der Waals surface area (Å²) in [4.78, 5) is 55.8. The van der Waals surface area contributed by atoms with Gasteiger partial charge < -0.3 is 10.2 Å². The number of imide groups is 1. The van der Waals surface area contributed by atoms with Gasteiger partial charge in [0, 0.05) is 37.5 Å². The summed E-state index contributed by atoms with van der Waals surface area (Å²) in [7, 11) is 0. The van der Waals surface area contributed by atoms with Crippen LogP contribution in [0.3, 0.4) is 0 Å². The maximum atomic E-state index is 13.8. The number of likely N-dealkylation sites (tertiary alicyclic amines) is 1. The van der Waals surface area contributed by atoms with Crippen molar-refractivity contribution < 1.29 is 19.2 Å². The van der Waals surface area contributed by atoms with Gasteiger partial charge in [-0.05, 0) is 42.5 Å². The van der Waals surface area contributed by atoms with E-state index in [0.717, 1.165) is 17.5 Å². The Labute approximate surface area is 228 Å². The summed E-state index contributed by atoms with van der Waals surface area (Å²) in [6.07, 6.45) is 6.05. The van der Waals surface area contributed by atoms with Crippen molar-refractivity contribution in [2.24, 2.45) is 11.8 Å². The second-order valence-corrected chi connectivity index (χ2v) is 10.3. The Morgan fingerprint density at radius 1 is 0.974 bits per heavy atom. The van der Waals surface area contributed by atoms with E-state index in [1.807, 2.05) is 61.5 Å². The van der Waals surface area contributed by atoms with Crippen molar-refractivity contribution in [2.45, 2.75) is 51.6 Å². The first kappa shape index (κ1) is 27.6. The zero-order valence-corrected chi connectivity index (χ0v) is 22.4. The van der Waals surface area contributed by atoms with Crippen molar-refractivity contribution in [3.05, 3.63) is 82.9 Å². The van der Waals surface area contributed by atoms with E-state index in [1.54, 1.807) is 17.0 Å². The molecule has 2 aliphatic rings. The molecular weight excluding hydrogens is 502 g/mol. The van der Waals surface area contributed by atoms with Gasteiger partial charge in [-0.15, -0.1) is 0 Å². The first-order valence-corrected chi connectivity index (χ1v) is 13.6. The van der Waals surface area contributed by atoms with E-state index in [0.29, 0.717) is 30.8 Å². The Hall–Kier alpha value is -3.45. The van der Waals surface area contributed by atoms with Crippen LogP contribution in [-0.2, 0) is 32.1 Å². The van der Waals surface area contributed by atoms with E-state index >= 15 is 0 Å². The summed E-state index contributed by atoms with van der Waals surface area (Å²) in [6, 6.07) is 16.0. The molecule has 1 heterocycles. The fourth-order valence-electron chi connectivity index (χ4n) is 5.15. The zero-order valence-electron chi connectivity index (χ0n) is 21.6. The minimum absolute atomic E-state index is 0.00918. The van der Waals surface area contributed by atoms with Gasteiger partial charge in [-0.1, -0.05) is 73.1 Å². The van der Waals surface area contributed by atoms with Crippen LogP contribution in [0.4, 0.5) is 0 Å². The molecular formula is C30H34ClN3O4. The molecule has 1 aliphatic carbocycles. The highest BCUT2D eigenvalue weighted by atomic mass is 35.5. The van der Waals surface area contributed by atoms with Crippen molar-refractivity contribution >= 4 is 35.2 Å². The number of nitrogens with zero attached hydrogens (tertiary/aromatic N) is 2. The van der Waals surface area contributed by atoms with Gasteiger partial charge >= 0.3 is 0 Å². The van der Waals surface area contributed by atoms with Gasteiger partial charge in [-0.25, -0.2) is 0 Å². The Bertz CT molecular complexity index is 1160. The van der Waals surface area contributed by atoms with Crippen molar-refractivity contribution in [2.75, 3.05) is 13.1 Å². The highest BCUT2D eigenvalue weighted by molar-refractivity contribution is 6.30. The molecule has 8 heteroatoms. The molecule has 1 aliphatic heterocycles. The van der Waals surface area contributed by atoms with Crippen molar-refractivity contribution in [1.82, 2.24) is 15.1 Å². The number of fused-ring (bicyclic) bond motifs is 1. The molecule has 1 N–H and O–H groups in total. The predicted molar refractivity (Wildman–Crippen MR) is 146 cm³/mol. The molecule has 38 heavy (non-hydrogen) atoms. The third kappa shape index (κ3) is 6.51. The number of hydrogen-bond donors (Lipinski definition) is 1. The Balaban J connectivity index is 1.57. The van der Waals surface area contributed by atoms with Crippen LogP contribution in [0.5, 0.6) is 0 Å². The monoisotopic (exact) mass is 535 g/mol. The second-order valence-electron chi connectivity index (χ2n) is 9.88. The molecule has 0 saturated carbocycles. The molecule has 0 aromatic heterocycles. The first-order chi connectivity index (χ1) is 18.4. The lowest BCUT2D eigenvalue weighted by atomic mass is 9.85. The summed E-state index contributed by atoms with van der Waals surface area (Å²) in [5.74, 6) is -1.60. The second kappa shape index (κ2) is 12.9. The average Bonchev–Trinajstić information content (AvgIpc) is 3.18. The molecule has 1 fully saturated rings. The van der Waals surface area contributed by atoms with Gasteiger partial charge in [0.15, 0.2) is 0 Å². The molecule has 3 atom stereocenters. The lowest BCUT2D eigenvalue weighted by molar-refractivity contribution is -0.144. The van der Waals surface area contributed by atoms with Crippen molar-refractivity contribution in [3.8, 4) is 0 Å². The van der Waals surface area contributed by atoms with Gasteiger partial charge in [-0.2, -0.15) is 0 Å². The number of hydrogen-bond acceptors (Lipinski definition) is 4. The quantitative estimate of drug-likeness (QED) is 0.346. The molecule has 4 amide bonds. The highest BCUT2D eigenvalue weighted by Gasteiger charge is 2.47. The SMILES string of the molecule is CCCNC(=O)[C@H](Cc1ccccc1)N(Cc1ccc(Cl)cc1)C(=O)CCN1C(=O)[C@H]2CC=CC[C@H]2C1=O. The van der Waals surface area contributed by atoms with E-state index in [4.69, 9.17) is 11.6 Å². The van der Waals surface area contributed by atoms with Crippen LogP contribution < -0.4 is 5.32 Å². The maximum Gasteiger partial charge on any atom is 0.243 e. The van der Waals surface area contributed by atoms with Crippen LogP contribution in [0.2, 0.25) is 5.02 Å². The van der Waals surface area contributed by atoms with Gasteiger partial charge in [0.05, 0.1) is 11.8 Å². The summed E-state index contributed by atoms with van der Waals surface area (Å²) in [5.41, 5.74) is 1.76. The number of carbonyl (C=O) groups is 4. The van der Waals surface area contributed by atoms with Gasteiger partial charge in [0.2, 0.25) is 23.6 Å². The molecule has 1 saturated heterocycles. The van der Waals surface area contributed by atoms with Crippen LogP contribution in [0.25, 0.3) is 0 Å². The van der Waals surface area contributed by atoms with Crippen LogP contribution in [0.1, 0.15) is 43.7 Å². The number of carbonyl (C=O) groups excluding carboxylic acids is 4. The van der Waals surface area contributed by atoms with Crippen LogP contribution in [-0.4, -0.2) is 52.6 Å².